The molecule has 9 heteroatoms. The molecule has 0 aromatic carbocycles. The molecule has 0 aliphatic rings. The Morgan fingerprint density at radius 1 is 0.765 bits per heavy atom. The van der Waals surface area contributed by atoms with Crippen LogP contribution in [-0.4, -0.2) is 41.0 Å². The number of esters is 2. The van der Waals surface area contributed by atoms with E-state index in [1.807, 2.05) is 18.2 Å². The number of rotatable bonds is 19. The standard InChI is InChI=1S/C25H39O8P/c1-3-5-6-7-8-9-10-11-12-13-14-15-16-17-18-20-25(27)33-23(22-32-34(28,29)30)21-31-24(26)19-4-2/h5-6,8-9,11-12,14-15,17-18,23H,3-4,7,10,13,16,19-22H2,1-2H3,(H2,28,29,30)/b6-5-,9-8-,12-11-,15-14-,18-17-. The highest BCUT2D eigenvalue weighted by Crippen LogP contribution is 2.35. The summed E-state index contributed by atoms with van der Waals surface area (Å²) in [7, 11) is -4.74. The lowest BCUT2D eigenvalue weighted by molar-refractivity contribution is -0.160. The lowest BCUT2D eigenvalue weighted by Crippen LogP contribution is -2.29. The Labute approximate surface area is 203 Å². The highest BCUT2D eigenvalue weighted by atomic mass is 31.2. The second kappa shape index (κ2) is 21.3. The second-order valence-electron chi connectivity index (χ2n) is 7.24. The van der Waals surface area contributed by atoms with Crippen molar-refractivity contribution >= 4 is 19.8 Å². The van der Waals surface area contributed by atoms with Crippen molar-refractivity contribution in [3.05, 3.63) is 60.8 Å². The van der Waals surface area contributed by atoms with E-state index in [-0.39, 0.29) is 19.4 Å². The second-order valence-corrected chi connectivity index (χ2v) is 8.48. The van der Waals surface area contributed by atoms with Crippen LogP contribution in [0.5, 0.6) is 0 Å². The topological polar surface area (TPSA) is 119 Å². The van der Waals surface area contributed by atoms with Crippen molar-refractivity contribution in [2.24, 2.45) is 0 Å². The fourth-order valence-electron chi connectivity index (χ4n) is 2.42. The highest BCUT2D eigenvalue weighted by Gasteiger charge is 2.22. The summed E-state index contributed by atoms with van der Waals surface area (Å²) in [6.45, 7) is 3.00. The van der Waals surface area contributed by atoms with Crippen molar-refractivity contribution in [1.82, 2.24) is 0 Å². The average molecular weight is 499 g/mol. The first-order valence-corrected chi connectivity index (χ1v) is 13.1. The Hall–Kier alpha value is -2.25. The van der Waals surface area contributed by atoms with E-state index in [9.17, 15) is 14.2 Å². The van der Waals surface area contributed by atoms with Crippen molar-refractivity contribution < 1.29 is 37.9 Å². The summed E-state index contributed by atoms with van der Waals surface area (Å²) in [6.07, 6.45) is 24.4. The summed E-state index contributed by atoms with van der Waals surface area (Å²) in [5.41, 5.74) is 0. The Morgan fingerprint density at radius 2 is 1.26 bits per heavy atom. The first kappa shape index (κ1) is 31.8. The van der Waals surface area contributed by atoms with Crippen LogP contribution in [0.3, 0.4) is 0 Å². The summed E-state index contributed by atoms with van der Waals surface area (Å²) in [5, 5.41) is 0. The highest BCUT2D eigenvalue weighted by molar-refractivity contribution is 7.46. The van der Waals surface area contributed by atoms with Gasteiger partial charge in [-0.25, -0.2) is 4.57 Å². The number of ether oxygens (including phenoxy) is 2. The van der Waals surface area contributed by atoms with Crippen LogP contribution in [-0.2, 0) is 28.2 Å². The van der Waals surface area contributed by atoms with Crippen LogP contribution >= 0.6 is 7.82 Å². The fraction of sp³-hybridized carbons (Fsp3) is 0.520. The van der Waals surface area contributed by atoms with E-state index in [1.54, 1.807) is 13.0 Å². The molecule has 0 aromatic rings. The fourth-order valence-corrected chi connectivity index (χ4v) is 2.78. The lowest BCUT2D eigenvalue weighted by Gasteiger charge is -2.18. The largest absolute Gasteiger partial charge is 0.469 e. The molecule has 0 saturated carbocycles. The van der Waals surface area contributed by atoms with Gasteiger partial charge in [-0.3, -0.25) is 14.1 Å². The summed E-state index contributed by atoms with van der Waals surface area (Å²) in [4.78, 5) is 41.1. The number of allylic oxidation sites excluding steroid dienone is 9. The van der Waals surface area contributed by atoms with Crippen molar-refractivity contribution in [2.45, 2.75) is 71.3 Å². The Balaban J connectivity index is 4.20. The molecule has 0 radical (unpaired) electrons. The first-order chi connectivity index (χ1) is 16.3. The van der Waals surface area contributed by atoms with Gasteiger partial charge in [-0.15, -0.1) is 0 Å². The van der Waals surface area contributed by atoms with E-state index in [4.69, 9.17) is 19.3 Å². The van der Waals surface area contributed by atoms with Crippen LogP contribution in [0.1, 0.15) is 65.2 Å². The average Bonchev–Trinajstić information content (AvgIpc) is 2.78. The van der Waals surface area contributed by atoms with Gasteiger partial charge in [0.15, 0.2) is 6.10 Å². The lowest BCUT2D eigenvalue weighted by atomic mass is 10.2. The summed E-state index contributed by atoms with van der Waals surface area (Å²) in [6, 6.07) is 0. The normalized spacial score (nSPS) is 13.6. The third-order valence-electron chi connectivity index (χ3n) is 4.05. The number of hydrogen-bond donors (Lipinski definition) is 2. The van der Waals surface area contributed by atoms with E-state index >= 15 is 0 Å². The molecule has 0 rings (SSSR count). The SMILES string of the molecule is CC/C=C\C/C=C\C/C=C\C/C=C\C/C=C\CC(=O)OC(COC(=O)CCC)COP(=O)(O)O. The third kappa shape index (κ3) is 22.9. The molecular weight excluding hydrogens is 459 g/mol. The minimum Gasteiger partial charge on any atom is -0.462 e. The zero-order chi connectivity index (χ0) is 25.5. The minimum atomic E-state index is -4.74. The maximum absolute atomic E-state index is 12.0. The number of carbonyl (C=O) groups is 2. The van der Waals surface area contributed by atoms with Gasteiger partial charge in [0.1, 0.15) is 6.61 Å². The van der Waals surface area contributed by atoms with Gasteiger partial charge in [0.2, 0.25) is 0 Å². The van der Waals surface area contributed by atoms with Crippen LogP contribution in [0.25, 0.3) is 0 Å². The van der Waals surface area contributed by atoms with E-state index in [0.717, 1.165) is 25.7 Å². The molecule has 0 amide bonds. The van der Waals surface area contributed by atoms with Gasteiger partial charge >= 0.3 is 19.8 Å². The zero-order valence-electron chi connectivity index (χ0n) is 20.2. The quantitative estimate of drug-likeness (QED) is 0.136. The molecule has 0 aromatic heterocycles. The van der Waals surface area contributed by atoms with Gasteiger partial charge in [0.25, 0.3) is 0 Å². The van der Waals surface area contributed by atoms with Crippen LogP contribution in [0.4, 0.5) is 0 Å². The van der Waals surface area contributed by atoms with E-state index in [2.05, 4.69) is 47.9 Å². The smallest absolute Gasteiger partial charge is 0.462 e. The van der Waals surface area contributed by atoms with Gasteiger partial charge in [-0.1, -0.05) is 74.6 Å². The molecule has 0 fully saturated rings. The number of carbonyl (C=O) groups excluding carboxylic acids is 2. The molecule has 2 N–H and O–H groups in total. The molecule has 0 saturated heterocycles. The Kier molecular flexibility index (Phi) is 19.9. The molecule has 0 heterocycles. The van der Waals surface area contributed by atoms with Gasteiger partial charge < -0.3 is 19.3 Å². The van der Waals surface area contributed by atoms with Crippen molar-refractivity contribution in [1.29, 1.82) is 0 Å². The van der Waals surface area contributed by atoms with Crippen molar-refractivity contribution in [3.63, 3.8) is 0 Å². The summed E-state index contributed by atoms with van der Waals surface area (Å²) >= 11 is 0. The molecule has 8 nitrogen and oxygen atoms in total. The minimum absolute atomic E-state index is 0.0250. The predicted molar refractivity (Wildman–Crippen MR) is 133 cm³/mol. The molecular formula is C25H39O8P. The third-order valence-corrected chi connectivity index (χ3v) is 4.54. The van der Waals surface area contributed by atoms with Crippen molar-refractivity contribution in [3.8, 4) is 0 Å². The molecule has 1 unspecified atom stereocenters. The monoisotopic (exact) mass is 498 g/mol. The van der Waals surface area contributed by atoms with Crippen LogP contribution < -0.4 is 0 Å². The predicted octanol–water partition coefficient (Wildman–Crippen LogP) is 5.49. The molecule has 0 aliphatic heterocycles. The molecule has 0 aliphatic carbocycles. The van der Waals surface area contributed by atoms with E-state index in [1.165, 1.54) is 0 Å². The maximum atomic E-state index is 12.0. The van der Waals surface area contributed by atoms with Crippen molar-refractivity contribution in [2.75, 3.05) is 13.2 Å². The number of hydrogen-bond acceptors (Lipinski definition) is 6. The Morgan fingerprint density at radius 3 is 1.74 bits per heavy atom. The molecule has 34 heavy (non-hydrogen) atoms. The van der Waals surface area contributed by atoms with Crippen LogP contribution in [0, 0.1) is 0 Å². The van der Waals surface area contributed by atoms with Gasteiger partial charge in [-0.05, 0) is 38.5 Å². The molecule has 1 atom stereocenters. The zero-order valence-corrected chi connectivity index (χ0v) is 21.1. The molecule has 0 bridgehead atoms. The first-order valence-electron chi connectivity index (χ1n) is 11.6. The maximum Gasteiger partial charge on any atom is 0.469 e. The summed E-state index contributed by atoms with van der Waals surface area (Å²) < 4.78 is 25.3. The van der Waals surface area contributed by atoms with Gasteiger partial charge in [-0.2, -0.15) is 0 Å². The number of phosphoric ester groups is 1. The van der Waals surface area contributed by atoms with Gasteiger partial charge in [0, 0.05) is 6.42 Å². The van der Waals surface area contributed by atoms with E-state index in [0.29, 0.717) is 12.8 Å². The van der Waals surface area contributed by atoms with E-state index < -0.39 is 32.5 Å². The van der Waals surface area contributed by atoms with Crippen LogP contribution in [0.15, 0.2) is 60.8 Å². The number of phosphoric acid groups is 1. The van der Waals surface area contributed by atoms with Crippen LogP contribution in [0.2, 0.25) is 0 Å². The molecule has 0 spiro atoms. The van der Waals surface area contributed by atoms with Gasteiger partial charge in [0.05, 0.1) is 13.0 Å². The summed E-state index contributed by atoms with van der Waals surface area (Å²) in [5.74, 6) is -1.11. The molecule has 192 valence electrons. The Bertz CT molecular complexity index is 746.